The van der Waals surface area contributed by atoms with E-state index >= 15 is 0 Å². The Balaban J connectivity index is 0. The molecule has 0 bridgehead atoms. The fourth-order valence-corrected chi connectivity index (χ4v) is 1.09. The normalized spacial score (nSPS) is 10.9. The minimum absolute atomic E-state index is 0. The minimum atomic E-state index is 0. The minimum Gasteiger partial charge on any atom is -0.382 e. The summed E-state index contributed by atoms with van der Waals surface area (Å²) in [5.74, 6) is 0.837. The van der Waals surface area contributed by atoms with E-state index in [2.05, 4.69) is 22.5 Å². The number of hydrogen-bond donors (Lipinski definition) is 2. The first kappa shape index (κ1) is 19.3. The second-order valence-electron chi connectivity index (χ2n) is 3.38. The van der Waals surface area contributed by atoms with Gasteiger partial charge in [-0.1, -0.05) is 13.3 Å². The molecule has 0 aromatic heterocycles. The van der Waals surface area contributed by atoms with Gasteiger partial charge in [0, 0.05) is 27.2 Å². The first-order valence-corrected chi connectivity index (χ1v) is 5.86. The summed E-state index contributed by atoms with van der Waals surface area (Å²) in [5.41, 5.74) is 0. The summed E-state index contributed by atoms with van der Waals surface area (Å²) in [6.07, 6.45) is 2.34. The number of ether oxygens (including phenoxy) is 2. The summed E-state index contributed by atoms with van der Waals surface area (Å²) in [6.45, 7) is 5.83. The molecule has 0 aliphatic heterocycles. The lowest BCUT2D eigenvalue weighted by Crippen LogP contribution is -2.39. The largest absolute Gasteiger partial charge is 0.382 e. The maximum absolute atomic E-state index is 5.32. The number of unbranched alkanes of at least 4 members (excludes halogenated alkanes) is 1. The van der Waals surface area contributed by atoms with Gasteiger partial charge in [0.1, 0.15) is 0 Å². The number of halogens is 1. The van der Waals surface area contributed by atoms with Crippen LogP contribution < -0.4 is 10.6 Å². The Morgan fingerprint density at radius 1 is 1.12 bits per heavy atom. The maximum Gasteiger partial charge on any atom is 0.191 e. The number of nitrogens with one attached hydrogen (secondary N) is 2. The maximum atomic E-state index is 5.32. The number of rotatable bonds is 9. The van der Waals surface area contributed by atoms with Gasteiger partial charge in [-0.15, -0.1) is 24.0 Å². The Morgan fingerprint density at radius 3 is 2.41 bits per heavy atom. The van der Waals surface area contributed by atoms with Crippen molar-refractivity contribution in [1.29, 1.82) is 0 Å². The molecule has 17 heavy (non-hydrogen) atoms. The monoisotopic (exact) mass is 359 g/mol. The SMILES string of the molecule is CCCCNC(=NC)NCCOCCOC.I. The smallest absolute Gasteiger partial charge is 0.191 e. The van der Waals surface area contributed by atoms with Crippen LogP contribution in [0.15, 0.2) is 4.99 Å². The molecule has 0 spiro atoms. The topological polar surface area (TPSA) is 54.9 Å². The second-order valence-corrected chi connectivity index (χ2v) is 3.38. The Morgan fingerprint density at radius 2 is 1.82 bits per heavy atom. The van der Waals surface area contributed by atoms with E-state index in [0.29, 0.717) is 19.8 Å². The van der Waals surface area contributed by atoms with Crippen molar-refractivity contribution in [3.05, 3.63) is 0 Å². The van der Waals surface area contributed by atoms with Crippen molar-refractivity contribution in [3.63, 3.8) is 0 Å². The van der Waals surface area contributed by atoms with E-state index in [1.54, 1.807) is 14.2 Å². The van der Waals surface area contributed by atoms with E-state index in [0.717, 1.165) is 25.5 Å². The van der Waals surface area contributed by atoms with Gasteiger partial charge in [0.05, 0.1) is 19.8 Å². The van der Waals surface area contributed by atoms with Crippen LogP contribution in [0.2, 0.25) is 0 Å². The van der Waals surface area contributed by atoms with Gasteiger partial charge in [-0.2, -0.15) is 0 Å². The van der Waals surface area contributed by atoms with Crippen molar-refractivity contribution in [2.75, 3.05) is 47.1 Å². The van der Waals surface area contributed by atoms with Crippen molar-refractivity contribution >= 4 is 29.9 Å². The van der Waals surface area contributed by atoms with Gasteiger partial charge in [-0.05, 0) is 6.42 Å². The lowest BCUT2D eigenvalue weighted by molar-refractivity contribution is 0.0733. The predicted molar refractivity (Wildman–Crippen MR) is 82.4 cm³/mol. The highest BCUT2D eigenvalue weighted by atomic mass is 127. The first-order chi connectivity index (χ1) is 7.85. The molecule has 5 nitrogen and oxygen atoms in total. The van der Waals surface area contributed by atoms with Crippen LogP contribution in [0.3, 0.4) is 0 Å². The molecule has 0 aromatic carbocycles. The molecule has 0 atom stereocenters. The number of methoxy groups -OCH3 is 1. The van der Waals surface area contributed by atoms with Gasteiger partial charge in [0.15, 0.2) is 5.96 Å². The summed E-state index contributed by atoms with van der Waals surface area (Å²) in [7, 11) is 3.44. The lowest BCUT2D eigenvalue weighted by Gasteiger charge is -2.11. The zero-order chi connectivity index (χ0) is 12.1. The van der Waals surface area contributed by atoms with E-state index in [1.165, 1.54) is 6.42 Å². The molecule has 2 N–H and O–H groups in total. The van der Waals surface area contributed by atoms with Crippen LogP contribution in [0.1, 0.15) is 19.8 Å². The van der Waals surface area contributed by atoms with Gasteiger partial charge in [-0.25, -0.2) is 0 Å². The molecule has 0 saturated carbocycles. The van der Waals surface area contributed by atoms with Crippen molar-refractivity contribution in [2.45, 2.75) is 19.8 Å². The van der Waals surface area contributed by atoms with Crippen LogP contribution in [-0.4, -0.2) is 53.0 Å². The molecular weight excluding hydrogens is 333 g/mol. The van der Waals surface area contributed by atoms with Crippen molar-refractivity contribution in [3.8, 4) is 0 Å². The molecule has 0 unspecified atom stereocenters. The van der Waals surface area contributed by atoms with Gasteiger partial charge in [0.25, 0.3) is 0 Å². The number of aliphatic imine (C=N–C) groups is 1. The van der Waals surface area contributed by atoms with E-state index in [4.69, 9.17) is 9.47 Å². The Bertz CT molecular complexity index is 180. The molecule has 0 radical (unpaired) electrons. The zero-order valence-electron chi connectivity index (χ0n) is 11.1. The van der Waals surface area contributed by atoms with Crippen LogP contribution in [0.4, 0.5) is 0 Å². The third kappa shape index (κ3) is 13.9. The number of hydrogen-bond acceptors (Lipinski definition) is 3. The fourth-order valence-electron chi connectivity index (χ4n) is 1.09. The van der Waals surface area contributed by atoms with Crippen LogP contribution >= 0.6 is 24.0 Å². The van der Waals surface area contributed by atoms with Crippen LogP contribution in [0.25, 0.3) is 0 Å². The van der Waals surface area contributed by atoms with E-state index in [1.807, 2.05) is 0 Å². The molecule has 104 valence electrons. The number of nitrogens with zero attached hydrogens (tertiary/aromatic N) is 1. The molecule has 0 heterocycles. The molecular formula is C11H26IN3O2. The summed E-state index contributed by atoms with van der Waals surface area (Å²) < 4.78 is 10.2. The van der Waals surface area contributed by atoms with Gasteiger partial charge >= 0.3 is 0 Å². The average Bonchev–Trinajstić information content (AvgIpc) is 2.31. The zero-order valence-corrected chi connectivity index (χ0v) is 13.5. The summed E-state index contributed by atoms with van der Waals surface area (Å²) in [4.78, 5) is 4.11. The Labute approximate surface area is 122 Å². The lowest BCUT2D eigenvalue weighted by atomic mass is 10.3. The second kappa shape index (κ2) is 15.9. The summed E-state index contributed by atoms with van der Waals surface area (Å²) in [6, 6.07) is 0. The third-order valence-electron chi connectivity index (χ3n) is 2.02. The van der Waals surface area contributed by atoms with E-state index in [-0.39, 0.29) is 24.0 Å². The highest BCUT2D eigenvalue weighted by molar-refractivity contribution is 14.0. The molecule has 0 rings (SSSR count). The fraction of sp³-hybridized carbons (Fsp3) is 0.909. The molecule has 0 amide bonds. The van der Waals surface area contributed by atoms with Gasteiger partial charge in [0.2, 0.25) is 0 Å². The highest BCUT2D eigenvalue weighted by Gasteiger charge is 1.95. The Hall–Kier alpha value is -0.0800. The van der Waals surface area contributed by atoms with Crippen LogP contribution in [0, 0.1) is 0 Å². The predicted octanol–water partition coefficient (Wildman–Crippen LogP) is 1.23. The third-order valence-corrected chi connectivity index (χ3v) is 2.02. The standard InChI is InChI=1S/C11H25N3O2.HI/c1-4-5-6-13-11(12-2)14-7-8-16-10-9-15-3;/h4-10H2,1-3H3,(H2,12,13,14);1H. The quantitative estimate of drug-likeness (QED) is 0.282. The molecule has 0 fully saturated rings. The highest BCUT2D eigenvalue weighted by Crippen LogP contribution is 1.82. The average molecular weight is 359 g/mol. The molecule has 0 saturated heterocycles. The van der Waals surface area contributed by atoms with E-state index < -0.39 is 0 Å². The summed E-state index contributed by atoms with van der Waals surface area (Å²) >= 11 is 0. The van der Waals surface area contributed by atoms with Gasteiger partial charge in [-0.3, -0.25) is 4.99 Å². The molecule has 0 aromatic rings. The molecule has 0 aliphatic rings. The Kier molecular flexibility index (Phi) is 18.0. The molecule has 0 aliphatic carbocycles. The van der Waals surface area contributed by atoms with Crippen molar-refractivity contribution < 1.29 is 9.47 Å². The summed E-state index contributed by atoms with van der Waals surface area (Å²) in [5, 5.41) is 6.41. The number of guanidine groups is 1. The van der Waals surface area contributed by atoms with Crippen molar-refractivity contribution in [1.82, 2.24) is 10.6 Å². The van der Waals surface area contributed by atoms with Crippen LogP contribution in [-0.2, 0) is 9.47 Å². The first-order valence-electron chi connectivity index (χ1n) is 5.86. The molecule has 6 heteroatoms. The van der Waals surface area contributed by atoms with Crippen molar-refractivity contribution in [2.24, 2.45) is 4.99 Å². The van der Waals surface area contributed by atoms with E-state index in [9.17, 15) is 0 Å². The van der Waals surface area contributed by atoms with Gasteiger partial charge < -0.3 is 20.1 Å². The van der Waals surface area contributed by atoms with Crippen LogP contribution in [0.5, 0.6) is 0 Å².